The maximum atomic E-state index is 13.5. The number of benzene rings is 3. The fourth-order valence-electron chi connectivity index (χ4n) is 4.95. The lowest BCUT2D eigenvalue weighted by molar-refractivity contribution is -0.497. The summed E-state index contributed by atoms with van der Waals surface area (Å²) in [5.74, 6) is -0.300. The number of aromatic amines is 1. The lowest BCUT2D eigenvalue weighted by Crippen LogP contribution is -2.48. The maximum absolute atomic E-state index is 13.5. The molecule has 4 rings (SSSR count). The predicted molar refractivity (Wildman–Crippen MR) is 160 cm³/mol. The minimum atomic E-state index is -0.790. The van der Waals surface area contributed by atoms with Crippen LogP contribution in [0.15, 0.2) is 72.8 Å². The first-order valence-corrected chi connectivity index (χ1v) is 14.5. The third-order valence-corrected chi connectivity index (χ3v) is 7.12. The first-order chi connectivity index (χ1) is 21.3. The molecular formula is C32H38N6O6. The molecule has 3 N–H and O–H groups in total. The van der Waals surface area contributed by atoms with Crippen molar-refractivity contribution < 1.29 is 29.6 Å². The Morgan fingerprint density at radius 2 is 1.61 bits per heavy atom. The van der Waals surface area contributed by atoms with Crippen LogP contribution in [0.3, 0.4) is 0 Å². The second-order valence-electron chi connectivity index (χ2n) is 10.7. The number of aromatic nitrogens is 4. The van der Waals surface area contributed by atoms with Crippen molar-refractivity contribution in [3.63, 3.8) is 0 Å². The van der Waals surface area contributed by atoms with E-state index in [9.17, 15) is 9.59 Å². The second kappa shape index (κ2) is 15.8. The van der Waals surface area contributed by atoms with Crippen molar-refractivity contribution in [2.45, 2.75) is 65.8 Å². The zero-order chi connectivity index (χ0) is 31.5. The van der Waals surface area contributed by atoms with Gasteiger partial charge in [-0.1, -0.05) is 100.0 Å². The summed E-state index contributed by atoms with van der Waals surface area (Å²) in [6.45, 7) is 5.98. The van der Waals surface area contributed by atoms with E-state index < -0.39 is 12.0 Å². The molecular weight excluding hydrogens is 564 g/mol. The topological polar surface area (TPSA) is 154 Å². The second-order valence-corrected chi connectivity index (χ2v) is 10.7. The van der Waals surface area contributed by atoms with Crippen LogP contribution in [0.2, 0.25) is 0 Å². The Morgan fingerprint density at radius 3 is 2.25 bits per heavy atom. The summed E-state index contributed by atoms with van der Waals surface area (Å²) in [6.07, 6.45) is 1.90. The normalized spacial score (nSPS) is 12.0. The summed E-state index contributed by atoms with van der Waals surface area (Å²) in [5.41, 5.74) is 4.98. The van der Waals surface area contributed by atoms with Gasteiger partial charge in [0.2, 0.25) is 11.7 Å². The van der Waals surface area contributed by atoms with Crippen LogP contribution in [0.4, 0.5) is 0 Å². The number of carbonyl (C=O) groups excluding carboxylic acids is 2. The van der Waals surface area contributed by atoms with Gasteiger partial charge in [-0.05, 0) is 45.4 Å². The number of H-pyrrole nitrogens is 1. The van der Waals surface area contributed by atoms with Gasteiger partial charge >= 0.3 is 5.97 Å². The van der Waals surface area contributed by atoms with Gasteiger partial charge in [0.15, 0.2) is 0 Å². The molecule has 0 fully saturated rings. The first-order valence-electron chi connectivity index (χ1n) is 14.5. The summed E-state index contributed by atoms with van der Waals surface area (Å²) in [4.78, 5) is 33.3. The van der Waals surface area contributed by atoms with Crippen molar-refractivity contribution in [1.82, 2.24) is 30.9 Å². The number of amides is 1. The van der Waals surface area contributed by atoms with E-state index in [1.807, 2.05) is 69.3 Å². The standard InChI is InChI=1S/C32H38N6O6/c1-4-5-13-29(39)37(30(22(2)3)32(40)43-20-24-9-8-10-25(18-24)21-44-38(41)42)19-23-14-16-26(17-15-23)27-11-6-7-12-28(27)31-33-35-36-34-31/h6-12,14-18,22,30,41-42H,4-5,13,19-21H2,1-3H3,(H,33,34,35,36)/t30-/m0/s1. The molecule has 232 valence electrons. The zero-order valence-corrected chi connectivity index (χ0v) is 25.1. The largest absolute Gasteiger partial charge is 0.459 e. The van der Waals surface area contributed by atoms with E-state index in [1.165, 1.54) is 0 Å². The summed E-state index contributed by atoms with van der Waals surface area (Å²) in [7, 11) is 0. The third-order valence-electron chi connectivity index (χ3n) is 7.12. The average molecular weight is 603 g/mol. The van der Waals surface area contributed by atoms with Crippen molar-refractivity contribution in [2.24, 2.45) is 5.92 Å². The van der Waals surface area contributed by atoms with Gasteiger partial charge in [0.05, 0.1) is 12.0 Å². The van der Waals surface area contributed by atoms with E-state index in [0.717, 1.165) is 35.1 Å². The number of hydrogen-bond donors (Lipinski definition) is 3. The lowest BCUT2D eigenvalue weighted by Gasteiger charge is -2.33. The van der Waals surface area contributed by atoms with E-state index in [4.69, 9.17) is 15.2 Å². The molecule has 0 radical (unpaired) electrons. The quantitative estimate of drug-likeness (QED) is 0.120. The van der Waals surface area contributed by atoms with Gasteiger partial charge in [-0.25, -0.2) is 9.63 Å². The smallest absolute Gasteiger partial charge is 0.329 e. The SMILES string of the molecule is CCCCC(=O)N(Cc1ccc(-c2ccccc2-c2nn[nH]n2)cc1)[C@H](C(=O)OCc1cccc(CON(O)O)c1)C(C)C. The Kier molecular flexibility index (Phi) is 11.7. The Balaban J connectivity index is 1.52. The fraction of sp³-hybridized carbons (Fsp3) is 0.344. The lowest BCUT2D eigenvalue weighted by atomic mass is 9.97. The molecule has 0 saturated heterocycles. The van der Waals surface area contributed by atoms with Crippen LogP contribution in [0, 0.1) is 5.92 Å². The van der Waals surface area contributed by atoms with Crippen LogP contribution in [0.25, 0.3) is 22.5 Å². The molecule has 1 atom stereocenters. The summed E-state index contributed by atoms with van der Waals surface area (Å²) < 4.78 is 5.73. The van der Waals surface area contributed by atoms with Crippen molar-refractivity contribution in [1.29, 1.82) is 0 Å². The van der Waals surface area contributed by atoms with E-state index in [1.54, 1.807) is 29.2 Å². The summed E-state index contributed by atoms with van der Waals surface area (Å²) >= 11 is 0. The van der Waals surface area contributed by atoms with E-state index >= 15 is 0 Å². The third kappa shape index (κ3) is 8.77. The highest BCUT2D eigenvalue weighted by Crippen LogP contribution is 2.30. The highest BCUT2D eigenvalue weighted by Gasteiger charge is 2.33. The zero-order valence-electron chi connectivity index (χ0n) is 25.1. The number of hydrogen-bond acceptors (Lipinski definition) is 10. The molecule has 0 aliphatic heterocycles. The van der Waals surface area contributed by atoms with Gasteiger partial charge in [-0.15, -0.1) is 10.2 Å². The predicted octanol–water partition coefficient (Wildman–Crippen LogP) is 5.33. The molecule has 0 aliphatic carbocycles. The monoisotopic (exact) mass is 602 g/mol. The molecule has 1 heterocycles. The molecule has 12 heteroatoms. The number of nitrogens with one attached hydrogen (secondary N) is 1. The van der Waals surface area contributed by atoms with Crippen LogP contribution in [-0.2, 0) is 38.9 Å². The molecule has 3 aromatic carbocycles. The molecule has 44 heavy (non-hydrogen) atoms. The molecule has 0 spiro atoms. The highest BCUT2D eigenvalue weighted by atomic mass is 17.1. The number of ether oxygens (including phenoxy) is 1. The highest BCUT2D eigenvalue weighted by molar-refractivity contribution is 5.85. The van der Waals surface area contributed by atoms with Gasteiger partial charge in [-0.2, -0.15) is 5.21 Å². The molecule has 4 aromatic rings. The minimum absolute atomic E-state index is 0.0106. The Labute approximate surface area is 256 Å². The van der Waals surface area contributed by atoms with Crippen molar-refractivity contribution in [2.75, 3.05) is 0 Å². The molecule has 0 unspecified atom stereocenters. The van der Waals surface area contributed by atoms with Crippen LogP contribution in [0.5, 0.6) is 0 Å². The van der Waals surface area contributed by atoms with Crippen LogP contribution in [-0.4, -0.2) is 59.2 Å². The number of nitrogens with zero attached hydrogens (tertiary/aromatic N) is 5. The molecule has 12 nitrogen and oxygen atoms in total. The van der Waals surface area contributed by atoms with E-state index in [-0.39, 0.29) is 37.0 Å². The number of carbonyl (C=O) groups is 2. The molecule has 0 aliphatic rings. The number of unbranched alkanes of at least 4 members (excludes halogenated alkanes) is 1. The number of tetrazole rings is 1. The Bertz CT molecular complexity index is 1490. The van der Waals surface area contributed by atoms with Crippen LogP contribution < -0.4 is 0 Å². The van der Waals surface area contributed by atoms with Gasteiger partial charge in [0, 0.05) is 18.5 Å². The Hall–Kier alpha value is -4.49. The minimum Gasteiger partial charge on any atom is -0.459 e. The van der Waals surface area contributed by atoms with Crippen LogP contribution in [0.1, 0.15) is 56.7 Å². The van der Waals surface area contributed by atoms with Crippen molar-refractivity contribution >= 4 is 11.9 Å². The molecule has 0 saturated carbocycles. The number of esters is 1. The Morgan fingerprint density at radius 1 is 0.909 bits per heavy atom. The van der Waals surface area contributed by atoms with Gasteiger partial charge < -0.3 is 9.64 Å². The first kappa shape index (κ1) is 32.4. The van der Waals surface area contributed by atoms with Crippen molar-refractivity contribution in [3.8, 4) is 22.5 Å². The fourth-order valence-corrected chi connectivity index (χ4v) is 4.95. The van der Waals surface area contributed by atoms with Gasteiger partial charge in [-0.3, -0.25) is 15.2 Å². The average Bonchev–Trinajstić information content (AvgIpc) is 3.57. The summed E-state index contributed by atoms with van der Waals surface area (Å²) in [5, 5.41) is 31.6. The van der Waals surface area contributed by atoms with E-state index in [0.29, 0.717) is 23.4 Å². The molecule has 1 aromatic heterocycles. The molecule has 0 bridgehead atoms. The molecule has 1 amide bonds. The number of rotatable bonds is 15. The van der Waals surface area contributed by atoms with Crippen molar-refractivity contribution in [3.05, 3.63) is 89.5 Å². The summed E-state index contributed by atoms with van der Waals surface area (Å²) in [6, 6.07) is 21.9. The maximum Gasteiger partial charge on any atom is 0.329 e. The van der Waals surface area contributed by atoms with E-state index in [2.05, 4.69) is 25.5 Å². The van der Waals surface area contributed by atoms with Gasteiger partial charge in [0.25, 0.3) is 0 Å². The van der Waals surface area contributed by atoms with Crippen LogP contribution >= 0.6 is 0 Å². The van der Waals surface area contributed by atoms with Gasteiger partial charge in [0.1, 0.15) is 12.6 Å².